The first-order valence-corrected chi connectivity index (χ1v) is 5.57. The van der Waals surface area contributed by atoms with Crippen LogP contribution in [0.4, 0.5) is 0 Å². The Morgan fingerprint density at radius 1 is 1.62 bits per heavy atom. The second kappa shape index (κ2) is 4.22. The predicted molar refractivity (Wildman–Crippen MR) is 65.0 cm³/mol. The van der Waals surface area contributed by atoms with Gasteiger partial charge in [0.1, 0.15) is 12.4 Å². The maximum absolute atomic E-state index is 5.68. The van der Waals surface area contributed by atoms with Gasteiger partial charge in [-0.05, 0) is 37.8 Å². The summed E-state index contributed by atoms with van der Waals surface area (Å²) in [6, 6.07) is 4.37. The third kappa shape index (κ3) is 2.15. The summed E-state index contributed by atoms with van der Waals surface area (Å²) in [4.78, 5) is 4.02. The van der Waals surface area contributed by atoms with Crippen molar-refractivity contribution in [3.63, 3.8) is 0 Å². The van der Waals surface area contributed by atoms with Crippen molar-refractivity contribution >= 4 is 12.4 Å². The highest BCUT2D eigenvalue weighted by Gasteiger charge is 2.56. The molecule has 0 aromatic carbocycles. The van der Waals surface area contributed by atoms with Crippen LogP contribution in [0.25, 0.3) is 0 Å². The molecule has 1 aromatic rings. The van der Waals surface area contributed by atoms with Gasteiger partial charge in [-0.25, -0.2) is 0 Å². The van der Waals surface area contributed by atoms with Crippen LogP contribution < -0.4 is 10.1 Å². The van der Waals surface area contributed by atoms with E-state index in [1.807, 2.05) is 12.1 Å². The molecule has 1 N–H and O–H groups in total. The van der Waals surface area contributed by atoms with Gasteiger partial charge in [0.05, 0.1) is 6.20 Å². The number of hydrogen-bond acceptors (Lipinski definition) is 3. The third-order valence-corrected chi connectivity index (χ3v) is 3.60. The number of piperidine rings is 1. The molecule has 0 radical (unpaired) electrons. The summed E-state index contributed by atoms with van der Waals surface area (Å²) in [5.41, 5.74) is 0.433. The molecule has 1 unspecified atom stereocenters. The SMILES string of the molecule is C[C@@]12C[C@@H]1CC(COc1cccnc1)N2.Cl. The lowest BCUT2D eigenvalue weighted by Gasteiger charge is -2.16. The Bertz CT molecular complexity index is 359. The zero-order chi connectivity index (χ0) is 10.3. The summed E-state index contributed by atoms with van der Waals surface area (Å²) in [6.07, 6.45) is 6.13. The number of pyridine rings is 1. The number of ether oxygens (including phenoxy) is 1. The minimum atomic E-state index is 0. The van der Waals surface area contributed by atoms with Gasteiger partial charge in [-0.3, -0.25) is 4.98 Å². The fourth-order valence-electron chi connectivity index (χ4n) is 2.58. The van der Waals surface area contributed by atoms with Crippen LogP contribution in [0.15, 0.2) is 24.5 Å². The van der Waals surface area contributed by atoms with Gasteiger partial charge in [-0.15, -0.1) is 12.4 Å². The van der Waals surface area contributed by atoms with Gasteiger partial charge in [-0.2, -0.15) is 0 Å². The monoisotopic (exact) mass is 240 g/mol. The fourth-order valence-corrected chi connectivity index (χ4v) is 2.58. The molecule has 1 aromatic heterocycles. The number of hydrogen-bond donors (Lipinski definition) is 1. The Labute approximate surface area is 102 Å². The molecule has 1 saturated heterocycles. The van der Waals surface area contributed by atoms with E-state index in [0.29, 0.717) is 11.6 Å². The molecular formula is C12H17ClN2O. The summed E-state index contributed by atoms with van der Waals surface area (Å²) in [5, 5.41) is 3.63. The highest BCUT2D eigenvalue weighted by Crippen LogP contribution is 2.51. The second-order valence-electron chi connectivity index (χ2n) is 4.90. The van der Waals surface area contributed by atoms with Crippen molar-refractivity contribution < 1.29 is 4.74 Å². The molecule has 2 fully saturated rings. The number of nitrogens with one attached hydrogen (secondary N) is 1. The average molecular weight is 241 g/mol. The molecule has 0 spiro atoms. The van der Waals surface area contributed by atoms with Gasteiger partial charge in [0.15, 0.2) is 0 Å². The summed E-state index contributed by atoms with van der Waals surface area (Å²) >= 11 is 0. The second-order valence-corrected chi connectivity index (χ2v) is 4.90. The predicted octanol–water partition coefficient (Wildman–Crippen LogP) is 2.02. The zero-order valence-electron chi connectivity index (χ0n) is 9.35. The van der Waals surface area contributed by atoms with Crippen LogP contribution in [0.2, 0.25) is 0 Å². The van der Waals surface area contributed by atoms with Crippen LogP contribution in [-0.4, -0.2) is 23.2 Å². The van der Waals surface area contributed by atoms with Gasteiger partial charge in [0.25, 0.3) is 0 Å². The van der Waals surface area contributed by atoms with Gasteiger partial charge >= 0.3 is 0 Å². The molecule has 0 amide bonds. The van der Waals surface area contributed by atoms with Gasteiger partial charge in [0.2, 0.25) is 0 Å². The molecule has 4 heteroatoms. The Hall–Kier alpha value is -0.800. The van der Waals surface area contributed by atoms with Crippen molar-refractivity contribution in [3.05, 3.63) is 24.5 Å². The fraction of sp³-hybridized carbons (Fsp3) is 0.583. The van der Waals surface area contributed by atoms with Crippen molar-refractivity contribution in [2.45, 2.75) is 31.3 Å². The van der Waals surface area contributed by atoms with E-state index in [0.717, 1.165) is 18.3 Å². The number of nitrogens with zero attached hydrogens (tertiary/aromatic N) is 1. The quantitative estimate of drug-likeness (QED) is 0.878. The van der Waals surface area contributed by atoms with Crippen LogP contribution in [-0.2, 0) is 0 Å². The first-order valence-electron chi connectivity index (χ1n) is 5.57. The van der Waals surface area contributed by atoms with E-state index in [9.17, 15) is 0 Å². The molecule has 1 aliphatic carbocycles. The molecule has 2 heterocycles. The third-order valence-electron chi connectivity index (χ3n) is 3.60. The normalized spacial score (nSPS) is 35.1. The zero-order valence-corrected chi connectivity index (χ0v) is 10.2. The maximum Gasteiger partial charge on any atom is 0.137 e. The first kappa shape index (κ1) is 11.7. The Kier molecular flexibility index (Phi) is 3.08. The van der Waals surface area contributed by atoms with Gasteiger partial charge < -0.3 is 10.1 Å². The highest BCUT2D eigenvalue weighted by atomic mass is 35.5. The lowest BCUT2D eigenvalue weighted by molar-refractivity contribution is 0.261. The maximum atomic E-state index is 5.68. The number of rotatable bonds is 3. The number of fused-ring (bicyclic) bond motifs is 1. The van der Waals surface area contributed by atoms with Crippen LogP contribution in [0.1, 0.15) is 19.8 Å². The van der Waals surface area contributed by atoms with E-state index in [-0.39, 0.29) is 12.4 Å². The van der Waals surface area contributed by atoms with Crippen LogP contribution in [0, 0.1) is 5.92 Å². The van der Waals surface area contributed by atoms with E-state index >= 15 is 0 Å². The summed E-state index contributed by atoms with van der Waals surface area (Å²) in [6.45, 7) is 3.07. The molecule has 3 atom stereocenters. The van der Waals surface area contributed by atoms with E-state index in [2.05, 4.69) is 17.2 Å². The van der Waals surface area contributed by atoms with E-state index in [1.165, 1.54) is 12.8 Å². The van der Waals surface area contributed by atoms with E-state index in [1.54, 1.807) is 12.4 Å². The van der Waals surface area contributed by atoms with Gasteiger partial charge in [0, 0.05) is 17.8 Å². The van der Waals surface area contributed by atoms with Crippen LogP contribution in [0.5, 0.6) is 5.75 Å². The van der Waals surface area contributed by atoms with Crippen molar-refractivity contribution in [3.8, 4) is 5.75 Å². The minimum Gasteiger partial charge on any atom is -0.490 e. The lowest BCUT2D eigenvalue weighted by Crippen LogP contribution is -2.36. The topological polar surface area (TPSA) is 34.1 Å². The largest absolute Gasteiger partial charge is 0.490 e. The van der Waals surface area contributed by atoms with Crippen molar-refractivity contribution in [1.82, 2.24) is 10.3 Å². The van der Waals surface area contributed by atoms with E-state index < -0.39 is 0 Å². The minimum absolute atomic E-state index is 0. The standard InChI is InChI=1S/C12H16N2O.ClH/c1-12-6-9(12)5-10(14-12)8-15-11-3-2-4-13-7-11;/h2-4,7,9-10,14H,5-6,8H2,1H3;1H/t9-,10?,12+;/m0./s1. The first-order chi connectivity index (χ1) is 7.26. The number of aromatic nitrogens is 1. The van der Waals surface area contributed by atoms with Crippen molar-refractivity contribution in [2.24, 2.45) is 5.92 Å². The summed E-state index contributed by atoms with van der Waals surface area (Å²) < 4.78 is 5.68. The van der Waals surface area contributed by atoms with Gasteiger partial charge in [-0.1, -0.05) is 0 Å². The lowest BCUT2D eigenvalue weighted by atomic mass is 10.2. The molecule has 16 heavy (non-hydrogen) atoms. The molecular weight excluding hydrogens is 224 g/mol. The smallest absolute Gasteiger partial charge is 0.137 e. The number of halogens is 1. The molecule has 1 aliphatic heterocycles. The van der Waals surface area contributed by atoms with Crippen LogP contribution in [0.3, 0.4) is 0 Å². The van der Waals surface area contributed by atoms with Crippen molar-refractivity contribution in [1.29, 1.82) is 0 Å². The Morgan fingerprint density at radius 3 is 3.12 bits per heavy atom. The Morgan fingerprint density at radius 2 is 2.50 bits per heavy atom. The molecule has 0 bridgehead atoms. The molecule has 3 nitrogen and oxygen atoms in total. The molecule has 1 saturated carbocycles. The van der Waals surface area contributed by atoms with Crippen LogP contribution >= 0.6 is 12.4 Å². The van der Waals surface area contributed by atoms with E-state index in [4.69, 9.17) is 4.74 Å². The average Bonchev–Trinajstić information content (AvgIpc) is 2.76. The van der Waals surface area contributed by atoms with Crippen molar-refractivity contribution in [2.75, 3.05) is 6.61 Å². The highest BCUT2D eigenvalue weighted by molar-refractivity contribution is 5.85. The molecule has 3 rings (SSSR count). The molecule has 2 aliphatic rings. The Balaban J connectivity index is 0.000000963. The molecule has 88 valence electrons. The summed E-state index contributed by atoms with van der Waals surface area (Å²) in [7, 11) is 0. The summed E-state index contributed by atoms with van der Waals surface area (Å²) in [5.74, 6) is 1.75.